The van der Waals surface area contributed by atoms with Gasteiger partial charge in [0.15, 0.2) is 0 Å². The highest BCUT2D eigenvalue weighted by Gasteiger charge is 2.11. The number of hydrogen-bond acceptors (Lipinski definition) is 6. The van der Waals surface area contributed by atoms with Gasteiger partial charge in [0.2, 0.25) is 10.1 Å². The van der Waals surface area contributed by atoms with E-state index in [9.17, 15) is 9.59 Å². The van der Waals surface area contributed by atoms with Crippen molar-refractivity contribution in [3.8, 4) is 0 Å². The number of fused-ring (bicyclic) bond motifs is 2. The zero-order valence-corrected chi connectivity index (χ0v) is 19.6. The van der Waals surface area contributed by atoms with Crippen LogP contribution >= 0.6 is 11.3 Å². The Labute approximate surface area is 200 Å². The van der Waals surface area contributed by atoms with Gasteiger partial charge in [-0.1, -0.05) is 61.6 Å². The molecule has 2 aromatic heterocycles. The van der Waals surface area contributed by atoms with Crippen molar-refractivity contribution in [3.05, 3.63) is 99.8 Å². The quantitative estimate of drug-likeness (QED) is 0.361. The first-order valence-corrected chi connectivity index (χ1v) is 11.8. The molecule has 170 valence electrons. The Kier molecular flexibility index (Phi) is 5.81. The molecule has 5 rings (SSSR count). The van der Waals surface area contributed by atoms with Crippen molar-refractivity contribution in [2.24, 2.45) is 0 Å². The maximum Gasteiger partial charge on any atom is 0.283 e. The van der Waals surface area contributed by atoms with Crippen LogP contribution in [0.15, 0.2) is 77.6 Å². The van der Waals surface area contributed by atoms with E-state index in [2.05, 4.69) is 46.7 Å². The lowest BCUT2D eigenvalue weighted by atomic mass is 10.0. The molecule has 5 aromatic rings. The lowest BCUT2D eigenvalue weighted by molar-refractivity contribution is 0.0951. The predicted octanol–water partition coefficient (Wildman–Crippen LogP) is 5.10. The normalized spacial score (nSPS) is 11.3. The molecular formula is C26H23N5O2S. The second-order valence-corrected chi connectivity index (χ2v) is 9.27. The zero-order chi connectivity index (χ0) is 23.7. The molecule has 7 nitrogen and oxygen atoms in total. The van der Waals surface area contributed by atoms with E-state index in [4.69, 9.17) is 0 Å². The third-order valence-electron chi connectivity index (χ3n) is 5.60. The maximum atomic E-state index is 12.7. The van der Waals surface area contributed by atoms with E-state index in [-0.39, 0.29) is 11.5 Å². The summed E-state index contributed by atoms with van der Waals surface area (Å²) < 4.78 is 1.31. The van der Waals surface area contributed by atoms with Gasteiger partial charge >= 0.3 is 0 Å². The molecule has 0 fully saturated rings. The van der Waals surface area contributed by atoms with Gasteiger partial charge in [-0.3, -0.25) is 9.59 Å². The maximum absolute atomic E-state index is 12.7. The molecule has 1 amide bonds. The van der Waals surface area contributed by atoms with Crippen LogP contribution in [0.2, 0.25) is 0 Å². The van der Waals surface area contributed by atoms with Crippen LogP contribution in [0.1, 0.15) is 41.3 Å². The first-order chi connectivity index (χ1) is 16.5. The lowest BCUT2D eigenvalue weighted by Gasteiger charge is -2.09. The number of rotatable bonds is 6. The van der Waals surface area contributed by atoms with Gasteiger partial charge < -0.3 is 10.6 Å². The third kappa shape index (κ3) is 4.40. The van der Waals surface area contributed by atoms with Gasteiger partial charge in [0, 0.05) is 17.8 Å². The van der Waals surface area contributed by atoms with Gasteiger partial charge in [-0.25, -0.2) is 4.98 Å². The number of aromatic nitrogens is 3. The van der Waals surface area contributed by atoms with Crippen LogP contribution in [0.4, 0.5) is 10.8 Å². The summed E-state index contributed by atoms with van der Waals surface area (Å²) in [6.07, 6.45) is 0. The van der Waals surface area contributed by atoms with Crippen LogP contribution in [0.25, 0.3) is 15.9 Å². The number of amides is 1. The fraction of sp³-hybridized carbons (Fsp3) is 0.154. The van der Waals surface area contributed by atoms with Crippen molar-refractivity contribution < 1.29 is 4.79 Å². The molecule has 2 N–H and O–H groups in total. The SMILES string of the molecule is CC(C)c1ccc(CNC(=O)c2ccc(Nc3nn4c(=O)c5ccccc5nc4s3)cc2)cc1. The summed E-state index contributed by atoms with van der Waals surface area (Å²) in [7, 11) is 0. The monoisotopic (exact) mass is 469 g/mol. The average molecular weight is 470 g/mol. The van der Waals surface area contributed by atoms with Crippen molar-refractivity contribution in [1.29, 1.82) is 0 Å². The molecule has 0 aliphatic heterocycles. The highest BCUT2D eigenvalue weighted by Crippen LogP contribution is 2.23. The van der Waals surface area contributed by atoms with Crippen LogP contribution in [0.3, 0.4) is 0 Å². The number of anilines is 2. The first kappa shape index (κ1) is 21.8. The van der Waals surface area contributed by atoms with Gasteiger partial charge in [0.25, 0.3) is 11.5 Å². The van der Waals surface area contributed by atoms with E-state index in [1.54, 1.807) is 18.2 Å². The van der Waals surface area contributed by atoms with E-state index in [0.717, 1.165) is 11.3 Å². The van der Waals surface area contributed by atoms with Gasteiger partial charge in [0.1, 0.15) is 0 Å². The van der Waals surface area contributed by atoms with Crippen molar-refractivity contribution >= 4 is 43.9 Å². The Hall–Kier alpha value is -4.04. The molecule has 0 saturated heterocycles. The molecule has 0 aliphatic rings. The standard InChI is InChI=1S/C26H23N5O2S/c1-16(2)18-9-7-17(8-10-18)15-27-23(32)19-11-13-20(14-12-19)28-25-30-31-24(33)21-5-3-4-6-22(21)29-26(31)34-25/h3-14,16H,15H2,1-2H3,(H,27,32)(H,28,30). The fourth-order valence-corrected chi connectivity index (χ4v) is 4.46. The lowest BCUT2D eigenvalue weighted by Crippen LogP contribution is -2.22. The molecule has 3 aromatic carbocycles. The zero-order valence-electron chi connectivity index (χ0n) is 18.8. The number of nitrogens with zero attached hydrogens (tertiary/aromatic N) is 3. The molecule has 0 atom stereocenters. The van der Waals surface area contributed by atoms with E-state index in [1.165, 1.54) is 21.4 Å². The molecule has 0 radical (unpaired) electrons. The molecule has 34 heavy (non-hydrogen) atoms. The van der Waals surface area contributed by atoms with E-state index in [0.29, 0.717) is 39.0 Å². The second kappa shape index (κ2) is 9.07. The van der Waals surface area contributed by atoms with Crippen LogP contribution in [-0.2, 0) is 6.54 Å². The van der Waals surface area contributed by atoms with Crippen LogP contribution in [0, 0.1) is 0 Å². The summed E-state index contributed by atoms with van der Waals surface area (Å²) >= 11 is 1.29. The minimum Gasteiger partial charge on any atom is -0.348 e. The molecule has 0 spiro atoms. The van der Waals surface area contributed by atoms with Gasteiger partial charge in [-0.05, 0) is 53.4 Å². The van der Waals surface area contributed by atoms with Crippen molar-refractivity contribution in [1.82, 2.24) is 19.9 Å². The highest BCUT2D eigenvalue weighted by atomic mass is 32.1. The van der Waals surface area contributed by atoms with Gasteiger partial charge in [0.05, 0.1) is 10.9 Å². The average Bonchev–Trinajstić information content (AvgIpc) is 3.26. The number of hydrogen-bond donors (Lipinski definition) is 2. The number of carbonyl (C=O) groups excluding carboxylic acids is 1. The van der Waals surface area contributed by atoms with E-state index in [1.807, 2.05) is 42.5 Å². The van der Waals surface area contributed by atoms with Gasteiger partial charge in [-0.2, -0.15) is 4.52 Å². The molecule has 0 aliphatic carbocycles. The minimum absolute atomic E-state index is 0.137. The summed E-state index contributed by atoms with van der Waals surface area (Å²) in [5, 5.41) is 11.6. The Morgan fingerprint density at radius 2 is 1.74 bits per heavy atom. The molecule has 0 saturated carbocycles. The van der Waals surface area contributed by atoms with Crippen molar-refractivity contribution in [2.75, 3.05) is 5.32 Å². The highest BCUT2D eigenvalue weighted by molar-refractivity contribution is 7.20. The Morgan fingerprint density at radius 3 is 2.47 bits per heavy atom. The van der Waals surface area contributed by atoms with E-state index < -0.39 is 0 Å². The molecule has 0 unspecified atom stereocenters. The number of carbonyl (C=O) groups is 1. The molecule has 2 heterocycles. The third-order valence-corrected chi connectivity index (χ3v) is 6.42. The largest absolute Gasteiger partial charge is 0.348 e. The summed E-state index contributed by atoms with van der Waals surface area (Å²) in [5.41, 5.74) is 4.11. The number of para-hydroxylation sites is 1. The Balaban J connectivity index is 1.26. The first-order valence-electron chi connectivity index (χ1n) is 11.0. The van der Waals surface area contributed by atoms with Gasteiger partial charge in [-0.15, -0.1) is 5.10 Å². The number of nitrogens with one attached hydrogen (secondary N) is 2. The van der Waals surface area contributed by atoms with Crippen LogP contribution < -0.4 is 16.2 Å². The van der Waals surface area contributed by atoms with Crippen LogP contribution in [0.5, 0.6) is 0 Å². The van der Waals surface area contributed by atoms with Crippen molar-refractivity contribution in [3.63, 3.8) is 0 Å². The predicted molar refractivity (Wildman–Crippen MR) is 136 cm³/mol. The Morgan fingerprint density at radius 1 is 1.00 bits per heavy atom. The topological polar surface area (TPSA) is 88.4 Å². The smallest absolute Gasteiger partial charge is 0.283 e. The summed E-state index contributed by atoms with van der Waals surface area (Å²) in [6.45, 7) is 4.79. The summed E-state index contributed by atoms with van der Waals surface area (Å²) in [6, 6.07) is 22.6. The summed E-state index contributed by atoms with van der Waals surface area (Å²) in [5.74, 6) is 0.345. The van der Waals surface area contributed by atoms with Crippen LogP contribution in [-0.4, -0.2) is 20.5 Å². The van der Waals surface area contributed by atoms with E-state index >= 15 is 0 Å². The second-order valence-electron chi connectivity index (χ2n) is 8.32. The summed E-state index contributed by atoms with van der Waals surface area (Å²) in [4.78, 5) is 30.3. The molecule has 8 heteroatoms. The minimum atomic E-state index is -0.198. The van der Waals surface area contributed by atoms with Crippen molar-refractivity contribution in [2.45, 2.75) is 26.3 Å². The Bertz CT molecular complexity index is 1540. The fourth-order valence-electron chi connectivity index (χ4n) is 3.64. The molecular weight excluding hydrogens is 446 g/mol. The number of benzene rings is 3. The molecule has 0 bridgehead atoms.